The first-order chi connectivity index (χ1) is 13.0. The van der Waals surface area contributed by atoms with Crippen LogP contribution in [-0.4, -0.2) is 28.8 Å². The molecule has 0 atom stereocenters. The van der Waals surface area contributed by atoms with E-state index < -0.39 is 0 Å². The number of methoxy groups -OCH3 is 1. The molecule has 0 aliphatic carbocycles. The average Bonchev–Trinajstić information content (AvgIpc) is 3.13. The highest BCUT2D eigenvalue weighted by Gasteiger charge is 2.13. The first-order valence-corrected chi connectivity index (χ1v) is 9.53. The standard InChI is InChI=1S/C18H14BrFN2O4S/c1-24-16-7-2-11(8-14(16)19)15(23)10-27-18-22-21-17(26-18)9-25-13-5-3-12(20)4-6-13/h2-8H,9-10H2,1H3. The van der Waals surface area contributed by atoms with Gasteiger partial charge in [-0.1, -0.05) is 11.8 Å². The molecule has 9 heteroatoms. The predicted molar refractivity (Wildman–Crippen MR) is 101 cm³/mol. The maximum absolute atomic E-state index is 12.9. The van der Waals surface area contributed by atoms with Gasteiger partial charge in [-0.2, -0.15) is 0 Å². The molecule has 140 valence electrons. The second kappa shape index (κ2) is 9.01. The number of hydrogen-bond acceptors (Lipinski definition) is 7. The van der Waals surface area contributed by atoms with Crippen LogP contribution >= 0.6 is 27.7 Å². The van der Waals surface area contributed by atoms with Crippen LogP contribution in [0.15, 0.2) is 56.6 Å². The molecule has 0 N–H and O–H groups in total. The number of thioether (sulfide) groups is 1. The Balaban J connectivity index is 1.52. The summed E-state index contributed by atoms with van der Waals surface area (Å²) in [4.78, 5) is 12.3. The van der Waals surface area contributed by atoms with E-state index >= 15 is 0 Å². The number of benzene rings is 2. The molecule has 0 bridgehead atoms. The van der Waals surface area contributed by atoms with Crippen LogP contribution in [0.1, 0.15) is 16.2 Å². The minimum Gasteiger partial charge on any atom is -0.496 e. The van der Waals surface area contributed by atoms with E-state index in [1.54, 1.807) is 25.3 Å². The van der Waals surface area contributed by atoms with Gasteiger partial charge in [0, 0.05) is 5.56 Å². The summed E-state index contributed by atoms with van der Waals surface area (Å²) in [7, 11) is 1.56. The third-order valence-corrected chi connectivity index (χ3v) is 4.86. The summed E-state index contributed by atoms with van der Waals surface area (Å²) >= 11 is 4.50. The summed E-state index contributed by atoms with van der Waals surface area (Å²) in [5, 5.41) is 8.01. The van der Waals surface area contributed by atoms with E-state index in [1.165, 1.54) is 24.3 Å². The van der Waals surface area contributed by atoms with Gasteiger partial charge < -0.3 is 13.9 Å². The van der Waals surface area contributed by atoms with Crippen molar-refractivity contribution in [2.75, 3.05) is 12.9 Å². The molecule has 0 aliphatic rings. The van der Waals surface area contributed by atoms with Gasteiger partial charge in [0.2, 0.25) is 0 Å². The van der Waals surface area contributed by atoms with Crippen LogP contribution in [0.25, 0.3) is 0 Å². The van der Waals surface area contributed by atoms with Crippen LogP contribution in [0.5, 0.6) is 11.5 Å². The monoisotopic (exact) mass is 452 g/mol. The number of Topliss-reactive ketones (excluding diaryl/α,β-unsaturated/α-hetero) is 1. The van der Waals surface area contributed by atoms with Crippen molar-refractivity contribution in [1.29, 1.82) is 0 Å². The van der Waals surface area contributed by atoms with Crippen molar-refractivity contribution in [2.45, 2.75) is 11.8 Å². The number of carbonyl (C=O) groups excluding carboxylic acids is 1. The van der Waals surface area contributed by atoms with E-state index in [2.05, 4.69) is 26.1 Å². The van der Waals surface area contributed by atoms with Gasteiger partial charge in [-0.15, -0.1) is 10.2 Å². The smallest absolute Gasteiger partial charge is 0.277 e. The Labute approximate surface area is 167 Å². The molecule has 0 fully saturated rings. The number of hydrogen-bond donors (Lipinski definition) is 0. The molecule has 0 saturated heterocycles. The van der Waals surface area contributed by atoms with Crippen LogP contribution in [0.3, 0.4) is 0 Å². The summed E-state index contributed by atoms with van der Waals surface area (Å²) in [5.41, 5.74) is 0.551. The second-order valence-electron chi connectivity index (χ2n) is 5.27. The molecule has 0 amide bonds. The van der Waals surface area contributed by atoms with Crippen molar-refractivity contribution in [3.8, 4) is 11.5 Å². The molecule has 1 aromatic heterocycles. The number of aromatic nitrogens is 2. The fraction of sp³-hybridized carbons (Fsp3) is 0.167. The maximum Gasteiger partial charge on any atom is 0.277 e. The van der Waals surface area contributed by atoms with Crippen LogP contribution in [0, 0.1) is 5.82 Å². The highest BCUT2D eigenvalue weighted by Crippen LogP contribution is 2.27. The highest BCUT2D eigenvalue weighted by atomic mass is 79.9. The average molecular weight is 453 g/mol. The van der Waals surface area contributed by atoms with E-state index in [-0.39, 0.29) is 35.1 Å². The zero-order valence-electron chi connectivity index (χ0n) is 14.1. The van der Waals surface area contributed by atoms with E-state index in [9.17, 15) is 9.18 Å². The lowest BCUT2D eigenvalue weighted by molar-refractivity contribution is 0.102. The van der Waals surface area contributed by atoms with Gasteiger partial charge in [0.1, 0.15) is 17.3 Å². The summed E-state index contributed by atoms with van der Waals surface area (Å²) < 4.78 is 29.6. The Morgan fingerprint density at radius 3 is 2.70 bits per heavy atom. The van der Waals surface area contributed by atoms with Crippen molar-refractivity contribution in [2.24, 2.45) is 0 Å². The number of nitrogens with zero attached hydrogens (tertiary/aromatic N) is 2. The summed E-state index contributed by atoms with van der Waals surface area (Å²) in [6, 6.07) is 10.7. The number of ketones is 1. The molecular formula is C18H14BrFN2O4S. The number of ether oxygens (including phenoxy) is 2. The zero-order valence-corrected chi connectivity index (χ0v) is 16.5. The summed E-state index contributed by atoms with van der Waals surface area (Å²) in [6.45, 7) is 0.0541. The normalized spacial score (nSPS) is 10.6. The van der Waals surface area contributed by atoms with Crippen LogP contribution in [0.4, 0.5) is 4.39 Å². The molecule has 0 radical (unpaired) electrons. The largest absolute Gasteiger partial charge is 0.496 e. The van der Waals surface area contributed by atoms with Gasteiger partial charge in [0.25, 0.3) is 11.1 Å². The number of halogens is 2. The fourth-order valence-electron chi connectivity index (χ4n) is 2.08. The van der Waals surface area contributed by atoms with Gasteiger partial charge in [0.15, 0.2) is 12.4 Å². The van der Waals surface area contributed by atoms with E-state index in [0.717, 1.165) is 11.8 Å². The first kappa shape index (κ1) is 19.4. The first-order valence-electron chi connectivity index (χ1n) is 7.75. The zero-order chi connectivity index (χ0) is 19.2. The van der Waals surface area contributed by atoms with Crippen LogP contribution in [-0.2, 0) is 6.61 Å². The van der Waals surface area contributed by atoms with Crippen LogP contribution < -0.4 is 9.47 Å². The molecule has 3 aromatic rings. The SMILES string of the molecule is COc1ccc(C(=O)CSc2nnc(COc3ccc(F)cc3)o2)cc1Br. The Morgan fingerprint density at radius 2 is 2.00 bits per heavy atom. The Bertz CT molecular complexity index is 933. The van der Waals surface area contributed by atoms with Crippen molar-refractivity contribution in [3.63, 3.8) is 0 Å². The van der Waals surface area contributed by atoms with Gasteiger partial charge in [-0.3, -0.25) is 4.79 Å². The molecule has 3 rings (SSSR count). The second-order valence-corrected chi connectivity index (χ2v) is 7.05. The van der Waals surface area contributed by atoms with Gasteiger partial charge in [0.05, 0.1) is 17.3 Å². The van der Waals surface area contributed by atoms with Crippen LogP contribution in [0.2, 0.25) is 0 Å². The Kier molecular flexibility index (Phi) is 6.46. The Hall–Kier alpha value is -2.39. The third-order valence-electron chi connectivity index (χ3n) is 3.42. The van der Waals surface area contributed by atoms with E-state index in [4.69, 9.17) is 13.9 Å². The van der Waals surface area contributed by atoms with E-state index in [0.29, 0.717) is 21.5 Å². The lowest BCUT2D eigenvalue weighted by atomic mass is 10.1. The van der Waals surface area contributed by atoms with Crippen molar-refractivity contribution in [3.05, 3.63) is 64.2 Å². The lowest BCUT2D eigenvalue weighted by Crippen LogP contribution is -2.02. The molecule has 0 aliphatic heterocycles. The van der Waals surface area contributed by atoms with E-state index in [1.807, 2.05) is 0 Å². The predicted octanol–water partition coefficient (Wildman–Crippen LogP) is 4.53. The molecule has 2 aromatic carbocycles. The molecule has 6 nitrogen and oxygen atoms in total. The fourth-order valence-corrected chi connectivity index (χ4v) is 3.30. The minimum absolute atomic E-state index is 0.0541. The molecule has 27 heavy (non-hydrogen) atoms. The molecular weight excluding hydrogens is 439 g/mol. The number of rotatable bonds is 8. The number of carbonyl (C=O) groups is 1. The minimum atomic E-state index is -0.340. The van der Waals surface area contributed by atoms with Crippen molar-refractivity contribution in [1.82, 2.24) is 10.2 Å². The van der Waals surface area contributed by atoms with Crippen molar-refractivity contribution < 1.29 is 23.1 Å². The third kappa shape index (κ3) is 5.30. The maximum atomic E-state index is 12.9. The summed E-state index contributed by atoms with van der Waals surface area (Å²) in [6.07, 6.45) is 0. The molecule has 0 unspecified atom stereocenters. The topological polar surface area (TPSA) is 74.5 Å². The van der Waals surface area contributed by atoms with Gasteiger partial charge >= 0.3 is 0 Å². The highest BCUT2D eigenvalue weighted by molar-refractivity contribution is 9.10. The molecule has 0 saturated carbocycles. The van der Waals surface area contributed by atoms with Gasteiger partial charge in [-0.05, 0) is 58.4 Å². The summed E-state index contributed by atoms with van der Waals surface area (Å²) in [5.74, 6) is 1.14. The molecule has 1 heterocycles. The lowest BCUT2D eigenvalue weighted by Gasteiger charge is -2.05. The molecule has 0 spiro atoms. The van der Waals surface area contributed by atoms with Gasteiger partial charge in [-0.25, -0.2) is 4.39 Å². The van der Waals surface area contributed by atoms with Crippen molar-refractivity contribution >= 4 is 33.5 Å². The quantitative estimate of drug-likeness (QED) is 0.366. The Morgan fingerprint density at radius 1 is 1.22 bits per heavy atom.